The third-order valence-electron chi connectivity index (χ3n) is 3.34. The van der Waals surface area contributed by atoms with Crippen LogP contribution in [0.3, 0.4) is 0 Å². The first-order valence-electron chi connectivity index (χ1n) is 5.16. The Kier molecular flexibility index (Phi) is 4.30. The second kappa shape index (κ2) is 5.04. The maximum atomic E-state index is 11.6. The van der Waals surface area contributed by atoms with Gasteiger partial charge in [0.25, 0.3) is 0 Å². The maximum absolute atomic E-state index is 11.6. The summed E-state index contributed by atoms with van der Waals surface area (Å²) in [6.45, 7) is 4.59. The fourth-order valence-corrected chi connectivity index (χ4v) is 2.62. The summed E-state index contributed by atoms with van der Waals surface area (Å²) in [7, 11) is 0. The number of thioether (sulfide) groups is 1. The molecule has 1 aliphatic carbocycles. The first-order chi connectivity index (χ1) is 6.15. The number of hydrogen-bond donors (Lipinski definition) is 0. The summed E-state index contributed by atoms with van der Waals surface area (Å²) >= 11 is 1.66. The molecule has 0 bridgehead atoms. The second-order valence-corrected chi connectivity index (χ2v) is 5.23. The van der Waals surface area contributed by atoms with Gasteiger partial charge >= 0.3 is 0 Å². The Morgan fingerprint density at radius 3 is 2.54 bits per heavy atom. The number of Topliss-reactive ketones (excluding diaryl/α,β-unsaturated/α-hetero) is 1. The van der Waals surface area contributed by atoms with E-state index in [0.717, 1.165) is 24.7 Å². The molecule has 1 nitrogen and oxygen atoms in total. The Balaban J connectivity index is 2.40. The topological polar surface area (TPSA) is 17.1 Å². The number of hydrogen-bond acceptors (Lipinski definition) is 2. The molecule has 0 aromatic heterocycles. The lowest BCUT2D eigenvalue weighted by molar-refractivity contribution is -0.122. The first-order valence-corrected chi connectivity index (χ1v) is 6.56. The minimum absolute atomic E-state index is 0.374. The quantitative estimate of drug-likeness (QED) is 0.696. The number of carbonyl (C=O) groups is 1. The molecular weight excluding hydrogens is 180 g/mol. The van der Waals surface area contributed by atoms with Crippen molar-refractivity contribution in [1.29, 1.82) is 0 Å². The van der Waals surface area contributed by atoms with E-state index in [1.807, 2.05) is 6.26 Å². The minimum atomic E-state index is 0.374. The number of rotatable bonds is 3. The summed E-state index contributed by atoms with van der Waals surface area (Å²) in [4.78, 5) is 11.6. The molecule has 0 aromatic carbocycles. The summed E-state index contributed by atoms with van der Waals surface area (Å²) in [5.74, 6) is 3.12. The molecule has 0 radical (unpaired) electrons. The maximum Gasteiger partial charge on any atom is 0.145 e. The molecule has 0 aromatic rings. The first kappa shape index (κ1) is 11.1. The highest BCUT2D eigenvalue weighted by Gasteiger charge is 2.28. The smallest absolute Gasteiger partial charge is 0.145 e. The predicted octanol–water partition coefficient (Wildman–Crippen LogP) is 2.99. The van der Waals surface area contributed by atoms with Crippen LogP contribution < -0.4 is 0 Å². The molecule has 0 spiro atoms. The zero-order chi connectivity index (χ0) is 9.84. The number of ketones is 1. The van der Waals surface area contributed by atoms with Crippen molar-refractivity contribution in [2.24, 2.45) is 17.8 Å². The van der Waals surface area contributed by atoms with E-state index in [1.165, 1.54) is 6.42 Å². The summed E-state index contributed by atoms with van der Waals surface area (Å²) < 4.78 is 0. The van der Waals surface area contributed by atoms with Gasteiger partial charge in [0.15, 0.2) is 0 Å². The summed E-state index contributed by atoms with van der Waals surface area (Å²) in [6.07, 6.45) is 5.50. The zero-order valence-electron chi connectivity index (χ0n) is 8.88. The highest BCUT2D eigenvalue weighted by atomic mass is 32.2. The van der Waals surface area contributed by atoms with Crippen molar-refractivity contribution in [3.05, 3.63) is 0 Å². The van der Waals surface area contributed by atoms with E-state index in [1.54, 1.807) is 11.8 Å². The fraction of sp³-hybridized carbons (Fsp3) is 0.909. The van der Waals surface area contributed by atoms with Crippen LogP contribution >= 0.6 is 11.8 Å². The highest BCUT2D eigenvalue weighted by Crippen LogP contribution is 2.33. The van der Waals surface area contributed by atoms with Crippen LogP contribution in [0.1, 0.15) is 33.1 Å². The molecule has 0 heterocycles. The van der Waals surface area contributed by atoms with Gasteiger partial charge in [-0.05, 0) is 37.4 Å². The monoisotopic (exact) mass is 200 g/mol. The average molecular weight is 200 g/mol. The van der Waals surface area contributed by atoms with Gasteiger partial charge in [-0.1, -0.05) is 13.8 Å². The van der Waals surface area contributed by atoms with E-state index < -0.39 is 0 Å². The molecule has 0 N–H and O–H groups in total. The lowest BCUT2D eigenvalue weighted by Gasteiger charge is -2.31. The van der Waals surface area contributed by atoms with Crippen molar-refractivity contribution in [3.63, 3.8) is 0 Å². The molecule has 0 amide bonds. The van der Waals surface area contributed by atoms with Crippen LogP contribution in [-0.2, 0) is 4.79 Å². The standard InChI is InChI=1S/C11H20OS/c1-8-4-5-10(6-9(8)2)11(12)7-13-3/h8-10H,4-7H2,1-3H3. The predicted molar refractivity (Wildman–Crippen MR) is 59.1 cm³/mol. The fourth-order valence-electron chi connectivity index (χ4n) is 2.10. The molecule has 1 fully saturated rings. The minimum Gasteiger partial charge on any atom is -0.298 e. The van der Waals surface area contributed by atoms with Gasteiger partial charge in [0, 0.05) is 5.92 Å². The Morgan fingerprint density at radius 2 is 2.00 bits per heavy atom. The van der Waals surface area contributed by atoms with Crippen LogP contribution in [0.4, 0.5) is 0 Å². The van der Waals surface area contributed by atoms with Crippen LogP contribution in [-0.4, -0.2) is 17.8 Å². The normalized spacial score (nSPS) is 34.5. The Labute approximate surface area is 85.7 Å². The summed E-state index contributed by atoms with van der Waals surface area (Å²) in [6, 6.07) is 0. The molecule has 0 aliphatic heterocycles. The molecule has 1 saturated carbocycles. The molecule has 2 heteroatoms. The number of carbonyl (C=O) groups excluding carboxylic acids is 1. The zero-order valence-corrected chi connectivity index (χ0v) is 9.69. The summed E-state index contributed by atoms with van der Waals surface area (Å²) in [5, 5.41) is 0. The lowest BCUT2D eigenvalue weighted by Crippen LogP contribution is -2.27. The Morgan fingerprint density at radius 1 is 1.31 bits per heavy atom. The van der Waals surface area contributed by atoms with Crippen molar-refractivity contribution in [3.8, 4) is 0 Å². The lowest BCUT2D eigenvalue weighted by atomic mass is 9.74. The molecule has 3 atom stereocenters. The van der Waals surface area contributed by atoms with E-state index >= 15 is 0 Å². The van der Waals surface area contributed by atoms with Gasteiger partial charge in [0.05, 0.1) is 5.75 Å². The molecule has 0 saturated heterocycles. The summed E-state index contributed by atoms with van der Waals surface area (Å²) in [5.41, 5.74) is 0. The Bertz CT molecular complexity index is 179. The molecule has 76 valence electrons. The van der Waals surface area contributed by atoms with Crippen LogP contribution in [0.5, 0.6) is 0 Å². The molecule has 1 rings (SSSR count). The van der Waals surface area contributed by atoms with E-state index in [9.17, 15) is 4.79 Å². The Hall–Kier alpha value is 0.0200. The van der Waals surface area contributed by atoms with Crippen LogP contribution in [0, 0.1) is 17.8 Å². The van der Waals surface area contributed by atoms with E-state index in [2.05, 4.69) is 13.8 Å². The molecule has 13 heavy (non-hydrogen) atoms. The molecule has 3 unspecified atom stereocenters. The second-order valence-electron chi connectivity index (χ2n) is 4.36. The van der Waals surface area contributed by atoms with Gasteiger partial charge in [-0.2, -0.15) is 11.8 Å². The van der Waals surface area contributed by atoms with Crippen molar-refractivity contribution < 1.29 is 4.79 Å². The SMILES string of the molecule is CSCC(=O)C1CCC(C)C(C)C1. The molecule has 1 aliphatic rings. The van der Waals surface area contributed by atoms with E-state index in [4.69, 9.17) is 0 Å². The van der Waals surface area contributed by atoms with Gasteiger partial charge < -0.3 is 0 Å². The van der Waals surface area contributed by atoms with Gasteiger partial charge in [0.2, 0.25) is 0 Å². The van der Waals surface area contributed by atoms with Crippen molar-refractivity contribution in [1.82, 2.24) is 0 Å². The van der Waals surface area contributed by atoms with Gasteiger partial charge in [-0.15, -0.1) is 0 Å². The van der Waals surface area contributed by atoms with Gasteiger partial charge in [-0.3, -0.25) is 4.79 Å². The third-order valence-corrected chi connectivity index (χ3v) is 3.91. The van der Waals surface area contributed by atoms with Crippen molar-refractivity contribution in [2.75, 3.05) is 12.0 Å². The van der Waals surface area contributed by atoms with Gasteiger partial charge in [0.1, 0.15) is 5.78 Å². The van der Waals surface area contributed by atoms with Crippen LogP contribution in [0.25, 0.3) is 0 Å². The van der Waals surface area contributed by atoms with E-state index in [-0.39, 0.29) is 0 Å². The highest BCUT2D eigenvalue weighted by molar-refractivity contribution is 7.99. The molecular formula is C11H20OS. The van der Waals surface area contributed by atoms with Crippen molar-refractivity contribution in [2.45, 2.75) is 33.1 Å². The van der Waals surface area contributed by atoms with E-state index in [0.29, 0.717) is 17.5 Å². The van der Waals surface area contributed by atoms with Crippen molar-refractivity contribution >= 4 is 17.5 Å². The largest absolute Gasteiger partial charge is 0.298 e. The third kappa shape index (κ3) is 3.01. The van der Waals surface area contributed by atoms with Crippen LogP contribution in [0.2, 0.25) is 0 Å². The van der Waals surface area contributed by atoms with Crippen LogP contribution in [0.15, 0.2) is 0 Å². The average Bonchev–Trinajstić information content (AvgIpc) is 2.10. The van der Waals surface area contributed by atoms with Gasteiger partial charge in [-0.25, -0.2) is 0 Å².